The van der Waals surface area contributed by atoms with Gasteiger partial charge in [0.05, 0.1) is 25.2 Å². The third-order valence-electron chi connectivity index (χ3n) is 4.04. The van der Waals surface area contributed by atoms with Gasteiger partial charge in [0.2, 0.25) is 0 Å². The summed E-state index contributed by atoms with van der Waals surface area (Å²) in [7, 11) is 1.61. The normalized spacial score (nSPS) is 26.1. The van der Waals surface area contributed by atoms with Crippen LogP contribution in [0.1, 0.15) is 38.2 Å². The average Bonchev–Trinajstić information content (AvgIpc) is 2.48. The van der Waals surface area contributed by atoms with Gasteiger partial charge < -0.3 is 14.6 Å². The van der Waals surface area contributed by atoms with Crippen molar-refractivity contribution in [1.82, 2.24) is 0 Å². The molecule has 1 aromatic carbocycles. The van der Waals surface area contributed by atoms with Gasteiger partial charge in [-0.15, -0.1) is 0 Å². The second kappa shape index (κ2) is 6.27. The van der Waals surface area contributed by atoms with E-state index in [0.29, 0.717) is 32.3 Å². The fourth-order valence-corrected chi connectivity index (χ4v) is 2.79. The Hall–Kier alpha value is -1.55. The van der Waals surface area contributed by atoms with Crippen molar-refractivity contribution >= 4 is 5.97 Å². The Morgan fingerprint density at radius 3 is 2.70 bits per heavy atom. The van der Waals surface area contributed by atoms with Crippen molar-refractivity contribution in [2.45, 2.75) is 38.2 Å². The van der Waals surface area contributed by atoms with Crippen molar-refractivity contribution in [2.24, 2.45) is 5.92 Å². The molecule has 1 fully saturated rings. The first-order valence-electron chi connectivity index (χ1n) is 7.12. The molecule has 1 aliphatic carbocycles. The van der Waals surface area contributed by atoms with Gasteiger partial charge in [-0.25, -0.2) is 0 Å². The molecule has 1 saturated carbocycles. The van der Waals surface area contributed by atoms with Crippen LogP contribution in [-0.2, 0) is 15.1 Å². The van der Waals surface area contributed by atoms with Crippen LogP contribution in [0, 0.1) is 5.92 Å². The monoisotopic (exact) mass is 278 g/mol. The third-order valence-corrected chi connectivity index (χ3v) is 4.04. The van der Waals surface area contributed by atoms with Crippen LogP contribution in [0.5, 0.6) is 5.75 Å². The summed E-state index contributed by atoms with van der Waals surface area (Å²) in [6, 6.07) is 7.51. The van der Waals surface area contributed by atoms with E-state index in [9.17, 15) is 9.90 Å². The molecule has 0 aliphatic heterocycles. The number of benzene rings is 1. The van der Waals surface area contributed by atoms with Crippen LogP contribution in [0.2, 0.25) is 0 Å². The fourth-order valence-electron chi connectivity index (χ4n) is 2.79. The number of carbonyl (C=O) groups is 1. The molecule has 0 unspecified atom stereocenters. The molecule has 0 radical (unpaired) electrons. The number of aliphatic hydroxyl groups is 1. The van der Waals surface area contributed by atoms with Crippen molar-refractivity contribution in [3.8, 4) is 5.75 Å². The van der Waals surface area contributed by atoms with Crippen molar-refractivity contribution < 1.29 is 19.4 Å². The summed E-state index contributed by atoms with van der Waals surface area (Å²) in [5, 5.41) is 10.8. The van der Waals surface area contributed by atoms with Crippen LogP contribution in [-0.4, -0.2) is 24.8 Å². The van der Waals surface area contributed by atoms with Crippen LogP contribution in [0.3, 0.4) is 0 Å². The molecule has 0 aromatic heterocycles. The highest BCUT2D eigenvalue weighted by Gasteiger charge is 2.37. The van der Waals surface area contributed by atoms with Crippen LogP contribution >= 0.6 is 0 Å². The van der Waals surface area contributed by atoms with Gasteiger partial charge >= 0.3 is 5.97 Å². The Bertz CT molecular complexity index is 461. The molecule has 1 N–H and O–H groups in total. The van der Waals surface area contributed by atoms with Crippen LogP contribution in [0.4, 0.5) is 0 Å². The Kier molecular flexibility index (Phi) is 4.65. The molecule has 1 aliphatic rings. The smallest absolute Gasteiger partial charge is 0.308 e. The molecule has 0 spiro atoms. The summed E-state index contributed by atoms with van der Waals surface area (Å²) < 4.78 is 10.2. The highest BCUT2D eigenvalue weighted by Crippen LogP contribution is 2.40. The Morgan fingerprint density at radius 1 is 1.40 bits per heavy atom. The van der Waals surface area contributed by atoms with Crippen LogP contribution in [0.15, 0.2) is 24.3 Å². The van der Waals surface area contributed by atoms with E-state index in [0.717, 1.165) is 11.3 Å². The number of carbonyl (C=O) groups excluding carboxylic acids is 1. The summed E-state index contributed by atoms with van der Waals surface area (Å²) in [6.45, 7) is 2.22. The zero-order valence-corrected chi connectivity index (χ0v) is 12.1. The molecule has 0 heterocycles. The zero-order chi connectivity index (χ0) is 14.6. The highest BCUT2D eigenvalue weighted by molar-refractivity contribution is 5.72. The van der Waals surface area contributed by atoms with Gasteiger partial charge in [-0.3, -0.25) is 4.79 Å². The minimum Gasteiger partial charge on any atom is -0.497 e. The Morgan fingerprint density at radius 2 is 2.10 bits per heavy atom. The predicted molar refractivity (Wildman–Crippen MR) is 75.5 cm³/mol. The van der Waals surface area contributed by atoms with E-state index < -0.39 is 5.60 Å². The molecular formula is C16H22O4. The zero-order valence-electron chi connectivity index (χ0n) is 12.1. The molecule has 0 saturated heterocycles. The van der Waals surface area contributed by atoms with Crippen LogP contribution < -0.4 is 4.74 Å². The van der Waals surface area contributed by atoms with Crippen molar-refractivity contribution in [3.63, 3.8) is 0 Å². The minimum absolute atomic E-state index is 0.0826. The Labute approximate surface area is 119 Å². The number of rotatable bonds is 4. The first-order valence-corrected chi connectivity index (χ1v) is 7.12. The van der Waals surface area contributed by atoms with E-state index >= 15 is 0 Å². The first kappa shape index (κ1) is 14.9. The molecular weight excluding hydrogens is 256 g/mol. The molecule has 1 aromatic rings. The molecule has 0 amide bonds. The highest BCUT2D eigenvalue weighted by atomic mass is 16.5. The summed E-state index contributed by atoms with van der Waals surface area (Å²) in [4.78, 5) is 11.7. The molecule has 0 bridgehead atoms. The van der Waals surface area contributed by atoms with Crippen molar-refractivity contribution in [2.75, 3.05) is 13.7 Å². The lowest BCUT2D eigenvalue weighted by Gasteiger charge is -2.35. The number of methoxy groups -OCH3 is 1. The summed E-state index contributed by atoms with van der Waals surface area (Å²) in [6.07, 6.45) is 2.46. The number of hydrogen-bond donors (Lipinski definition) is 1. The molecule has 4 heteroatoms. The van der Waals surface area contributed by atoms with Crippen molar-refractivity contribution in [1.29, 1.82) is 0 Å². The molecule has 110 valence electrons. The van der Waals surface area contributed by atoms with E-state index in [2.05, 4.69) is 0 Å². The van der Waals surface area contributed by atoms with E-state index in [1.807, 2.05) is 31.2 Å². The van der Waals surface area contributed by atoms with Gasteiger partial charge in [0.25, 0.3) is 0 Å². The summed E-state index contributed by atoms with van der Waals surface area (Å²) in [5.74, 6) is 0.518. The topological polar surface area (TPSA) is 55.8 Å². The second-order valence-corrected chi connectivity index (χ2v) is 5.29. The van der Waals surface area contributed by atoms with Gasteiger partial charge in [-0.05, 0) is 50.3 Å². The largest absolute Gasteiger partial charge is 0.497 e. The average molecular weight is 278 g/mol. The lowest BCUT2D eigenvalue weighted by Crippen LogP contribution is -2.34. The lowest BCUT2D eigenvalue weighted by molar-refractivity contribution is -0.151. The summed E-state index contributed by atoms with van der Waals surface area (Å²) >= 11 is 0. The number of hydrogen-bond acceptors (Lipinski definition) is 4. The van der Waals surface area contributed by atoms with Crippen molar-refractivity contribution in [3.05, 3.63) is 29.8 Å². The number of esters is 1. The summed E-state index contributed by atoms with van der Waals surface area (Å²) in [5.41, 5.74) is -0.00322. The molecule has 20 heavy (non-hydrogen) atoms. The second-order valence-electron chi connectivity index (χ2n) is 5.29. The van der Waals surface area contributed by atoms with Gasteiger partial charge in [0.15, 0.2) is 0 Å². The van der Waals surface area contributed by atoms with Gasteiger partial charge in [-0.1, -0.05) is 12.1 Å². The SMILES string of the molecule is CCOC(=O)C1CCC(O)(c2cccc(OC)c2)CC1. The quantitative estimate of drug-likeness (QED) is 0.860. The lowest BCUT2D eigenvalue weighted by atomic mass is 9.75. The fraction of sp³-hybridized carbons (Fsp3) is 0.562. The molecule has 0 atom stereocenters. The minimum atomic E-state index is -0.864. The molecule has 4 nitrogen and oxygen atoms in total. The predicted octanol–water partition coefficient (Wildman–Crippen LogP) is 2.64. The number of ether oxygens (including phenoxy) is 2. The molecule has 2 rings (SSSR count). The maximum atomic E-state index is 11.7. The van der Waals surface area contributed by atoms with Gasteiger partial charge in [-0.2, -0.15) is 0 Å². The van der Waals surface area contributed by atoms with Crippen LogP contribution in [0.25, 0.3) is 0 Å². The van der Waals surface area contributed by atoms with E-state index in [1.165, 1.54) is 0 Å². The maximum absolute atomic E-state index is 11.7. The standard InChI is InChI=1S/C16H22O4/c1-3-20-15(17)12-7-9-16(18,10-8-12)13-5-4-6-14(11-13)19-2/h4-6,11-12,18H,3,7-10H2,1-2H3. The maximum Gasteiger partial charge on any atom is 0.308 e. The van der Waals surface area contributed by atoms with Gasteiger partial charge in [0.1, 0.15) is 5.75 Å². The first-order chi connectivity index (χ1) is 9.59. The third kappa shape index (κ3) is 3.12. The van der Waals surface area contributed by atoms with Gasteiger partial charge in [0, 0.05) is 0 Å². The van der Waals surface area contributed by atoms with E-state index in [-0.39, 0.29) is 11.9 Å². The van der Waals surface area contributed by atoms with E-state index in [1.54, 1.807) is 7.11 Å². The Balaban J connectivity index is 2.05. The van der Waals surface area contributed by atoms with E-state index in [4.69, 9.17) is 9.47 Å².